The molecule has 0 saturated heterocycles. The number of hydrogen-bond donors (Lipinski definition) is 2. The fourth-order valence-electron chi connectivity index (χ4n) is 1.59. The molecular weight excluding hydrogens is 138 g/mol. The van der Waals surface area contributed by atoms with Crippen LogP contribution in [0.25, 0.3) is 0 Å². The first kappa shape index (κ1) is 8.75. The quantitative estimate of drug-likeness (QED) is 0.598. The van der Waals surface area contributed by atoms with E-state index in [9.17, 15) is 0 Å². The third kappa shape index (κ3) is 2.64. The van der Waals surface area contributed by atoms with Gasteiger partial charge in [-0.15, -0.1) is 0 Å². The van der Waals surface area contributed by atoms with E-state index in [1.54, 1.807) is 0 Å². The maximum absolute atomic E-state index is 8.67. The van der Waals surface area contributed by atoms with E-state index >= 15 is 0 Å². The van der Waals surface area contributed by atoms with Gasteiger partial charge in [-0.25, -0.2) is 0 Å². The molecule has 2 atom stereocenters. The van der Waals surface area contributed by atoms with Crippen LogP contribution in [0.5, 0.6) is 0 Å². The van der Waals surface area contributed by atoms with Crippen molar-refractivity contribution in [3.05, 3.63) is 12.2 Å². The van der Waals surface area contributed by atoms with Gasteiger partial charge in [-0.1, -0.05) is 12.2 Å². The van der Waals surface area contributed by atoms with E-state index in [-0.39, 0.29) is 12.6 Å². The van der Waals surface area contributed by atoms with Crippen LogP contribution in [0, 0.1) is 5.92 Å². The zero-order chi connectivity index (χ0) is 8.10. The summed E-state index contributed by atoms with van der Waals surface area (Å²) in [6.45, 7) is 0.224. The van der Waals surface area contributed by atoms with Gasteiger partial charge in [0.1, 0.15) is 0 Å². The molecule has 11 heavy (non-hydrogen) atoms. The summed E-state index contributed by atoms with van der Waals surface area (Å²) in [5.74, 6) is 0.604. The van der Waals surface area contributed by atoms with E-state index in [1.165, 1.54) is 6.42 Å². The summed E-state index contributed by atoms with van der Waals surface area (Å²) in [5.41, 5.74) is 5.87. The smallest absolute Gasteiger partial charge is 0.0445 e. The molecule has 1 aliphatic carbocycles. The summed E-state index contributed by atoms with van der Waals surface area (Å²) in [6, 6.07) is 0.199. The molecule has 1 aliphatic rings. The molecule has 2 nitrogen and oxygen atoms in total. The lowest BCUT2D eigenvalue weighted by Gasteiger charge is -2.23. The zero-order valence-electron chi connectivity index (χ0n) is 6.87. The van der Waals surface area contributed by atoms with Crippen molar-refractivity contribution < 1.29 is 5.11 Å². The molecule has 2 heteroatoms. The normalized spacial score (nSPS) is 26.9. The molecule has 64 valence electrons. The molecule has 0 bridgehead atoms. The third-order valence-electron chi connectivity index (χ3n) is 2.38. The van der Waals surface area contributed by atoms with Gasteiger partial charge >= 0.3 is 0 Å². The number of aliphatic hydroxyl groups excluding tert-OH is 1. The van der Waals surface area contributed by atoms with E-state index in [1.807, 2.05) is 0 Å². The van der Waals surface area contributed by atoms with E-state index < -0.39 is 0 Å². The highest BCUT2D eigenvalue weighted by Crippen LogP contribution is 2.21. The van der Waals surface area contributed by atoms with Crippen molar-refractivity contribution in [2.45, 2.75) is 31.7 Å². The van der Waals surface area contributed by atoms with Crippen LogP contribution in [0.4, 0.5) is 0 Å². The van der Waals surface area contributed by atoms with E-state index in [0.717, 1.165) is 19.3 Å². The second-order valence-electron chi connectivity index (χ2n) is 3.22. The van der Waals surface area contributed by atoms with Crippen molar-refractivity contribution in [1.29, 1.82) is 0 Å². The van der Waals surface area contributed by atoms with Gasteiger partial charge in [0.15, 0.2) is 0 Å². The van der Waals surface area contributed by atoms with Crippen LogP contribution in [0.15, 0.2) is 12.2 Å². The van der Waals surface area contributed by atoms with Gasteiger partial charge in [-0.2, -0.15) is 0 Å². The van der Waals surface area contributed by atoms with Crippen molar-refractivity contribution in [2.24, 2.45) is 11.7 Å². The first-order valence-electron chi connectivity index (χ1n) is 4.36. The first-order chi connectivity index (χ1) is 5.34. The number of allylic oxidation sites excluding steroid dienone is 2. The third-order valence-corrected chi connectivity index (χ3v) is 2.38. The Bertz CT molecular complexity index is 134. The van der Waals surface area contributed by atoms with E-state index in [2.05, 4.69) is 12.2 Å². The highest BCUT2D eigenvalue weighted by atomic mass is 16.3. The lowest BCUT2D eigenvalue weighted by atomic mass is 9.87. The minimum atomic E-state index is 0.199. The summed E-state index contributed by atoms with van der Waals surface area (Å²) in [6.07, 6.45) is 8.61. The molecule has 0 aromatic heterocycles. The van der Waals surface area contributed by atoms with Crippen LogP contribution < -0.4 is 5.73 Å². The molecule has 1 rings (SSSR count). The molecule has 0 aromatic rings. The minimum Gasteiger partial charge on any atom is -0.396 e. The number of rotatable bonds is 3. The average Bonchev–Trinajstić information content (AvgIpc) is 2.07. The van der Waals surface area contributed by atoms with Crippen LogP contribution in [0.3, 0.4) is 0 Å². The van der Waals surface area contributed by atoms with Gasteiger partial charge in [0.2, 0.25) is 0 Å². The van der Waals surface area contributed by atoms with Crippen LogP contribution in [-0.2, 0) is 0 Å². The Morgan fingerprint density at radius 2 is 2.36 bits per heavy atom. The number of hydrogen-bond acceptors (Lipinski definition) is 2. The lowest BCUT2D eigenvalue weighted by molar-refractivity contribution is 0.249. The van der Waals surface area contributed by atoms with Crippen molar-refractivity contribution >= 4 is 0 Å². The highest BCUT2D eigenvalue weighted by molar-refractivity contribution is 4.92. The van der Waals surface area contributed by atoms with Crippen molar-refractivity contribution in [3.63, 3.8) is 0 Å². The summed E-state index contributed by atoms with van der Waals surface area (Å²) in [4.78, 5) is 0. The second kappa shape index (κ2) is 4.52. The number of aliphatic hydroxyl groups is 1. The van der Waals surface area contributed by atoms with Gasteiger partial charge in [-0.05, 0) is 31.6 Å². The summed E-state index contributed by atoms with van der Waals surface area (Å²) < 4.78 is 0. The van der Waals surface area contributed by atoms with Crippen molar-refractivity contribution in [3.8, 4) is 0 Å². The second-order valence-corrected chi connectivity index (χ2v) is 3.22. The highest BCUT2D eigenvalue weighted by Gasteiger charge is 2.16. The maximum Gasteiger partial charge on any atom is 0.0445 e. The van der Waals surface area contributed by atoms with Crippen LogP contribution >= 0.6 is 0 Å². The predicted octanol–water partition coefficient (Wildman–Crippen LogP) is 1.05. The van der Waals surface area contributed by atoms with Gasteiger partial charge in [0.25, 0.3) is 0 Å². The minimum absolute atomic E-state index is 0.199. The van der Waals surface area contributed by atoms with E-state index in [0.29, 0.717) is 5.92 Å². The largest absolute Gasteiger partial charge is 0.396 e. The van der Waals surface area contributed by atoms with Crippen molar-refractivity contribution in [1.82, 2.24) is 0 Å². The molecule has 2 unspecified atom stereocenters. The van der Waals surface area contributed by atoms with Gasteiger partial charge in [-0.3, -0.25) is 0 Å². The fraction of sp³-hybridized carbons (Fsp3) is 0.778. The topological polar surface area (TPSA) is 46.2 Å². The van der Waals surface area contributed by atoms with E-state index in [4.69, 9.17) is 10.8 Å². The molecule has 0 heterocycles. The Morgan fingerprint density at radius 1 is 1.55 bits per heavy atom. The summed E-state index contributed by atoms with van der Waals surface area (Å²) >= 11 is 0. The van der Waals surface area contributed by atoms with Crippen LogP contribution in [0.1, 0.15) is 25.7 Å². The molecule has 3 N–H and O–H groups in total. The Balaban J connectivity index is 2.28. The molecule has 0 amide bonds. The molecule has 0 fully saturated rings. The van der Waals surface area contributed by atoms with Crippen LogP contribution in [0.2, 0.25) is 0 Å². The monoisotopic (exact) mass is 155 g/mol. The van der Waals surface area contributed by atoms with Crippen LogP contribution in [-0.4, -0.2) is 17.8 Å². The Labute approximate surface area is 68.1 Å². The maximum atomic E-state index is 8.67. The van der Waals surface area contributed by atoms with Gasteiger partial charge in [0.05, 0.1) is 0 Å². The first-order valence-corrected chi connectivity index (χ1v) is 4.36. The molecule has 0 aromatic carbocycles. The van der Waals surface area contributed by atoms with Gasteiger partial charge < -0.3 is 10.8 Å². The van der Waals surface area contributed by atoms with Crippen molar-refractivity contribution in [2.75, 3.05) is 6.61 Å². The molecule has 0 saturated carbocycles. The molecule has 0 aliphatic heterocycles. The average molecular weight is 155 g/mol. The summed E-state index contributed by atoms with van der Waals surface area (Å²) in [7, 11) is 0. The molecule has 0 spiro atoms. The molecular formula is C9H17NO. The summed E-state index contributed by atoms with van der Waals surface area (Å²) in [5, 5.41) is 8.67. The SMILES string of the molecule is NC(CCO)C1CC=CCC1. The zero-order valence-corrected chi connectivity index (χ0v) is 6.87. The Hall–Kier alpha value is -0.340. The van der Waals surface area contributed by atoms with Gasteiger partial charge in [0, 0.05) is 12.6 Å². The Morgan fingerprint density at radius 3 is 2.91 bits per heavy atom. The Kier molecular flexibility index (Phi) is 3.60. The predicted molar refractivity (Wildman–Crippen MR) is 46.2 cm³/mol. The molecule has 0 radical (unpaired) electrons. The fourth-order valence-corrected chi connectivity index (χ4v) is 1.59. The standard InChI is InChI=1S/C9H17NO/c10-9(6-7-11)8-4-2-1-3-5-8/h1-2,8-9,11H,3-7,10H2. The lowest BCUT2D eigenvalue weighted by Crippen LogP contribution is -2.31. The number of nitrogens with two attached hydrogens (primary N) is 1.